The van der Waals surface area contributed by atoms with Gasteiger partial charge in [0.05, 0.1) is 30.1 Å². The minimum atomic E-state index is -4.64. The van der Waals surface area contributed by atoms with Gasteiger partial charge in [-0.1, -0.05) is 0 Å². The number of anilines is 1. The normalized spacial score (nSPS) is 16.8. The van der Waals surface area contributed by atoms with Gasteiger partial charge in [0, 0.05) is 63.3 Å². The third kappa shape index (κ3) is 7.46. The summed E-state index contributed by atoms with van der Waals surface area (Å²) in [5.74, 6) is 2.49. The molecule has 12 heteroatoms. The zero-order valence-corrected chi connectivity index (χ0v) is 21.7. The Bertz CT molecular complexity index is 1270. The number of fused-ring (bicyclic) bond motifs is 1. The molecule has 2 aliphatic heterocycles. The monoisotopic (exact) mass is 544 g/mol. The molecule has 0 atom stereocenters. The largest absolute Gasteiger partial charge is 0.492 e. The maximum absolute atomic E-state index is 10.4. The van der Waals surface area contributed by atoms with Crippen molar-refractivity contribution in [3.8, 4) is 22.9 Å². The number of aromatic nitrogens is 3. The zero-order valence-electron chi connectivity index (χ0n) is 21.7. The van der Waals surface area contributed by atoms with Gasteiger partial charge in [-0.15, -0.1) is 0 Å². The molecule has 5 heterocycles. The molecule has 0 N–H and O–H groups in total. The molecule has 2 fully saturated rings. The molecule has 9 nitrogen and oxygen atoms in total. The number of piperazine rings is 1. The molecular formula is C27H31F3N6O3. The molecule has 3 aromatic heterocycles. The van der Waals surface area contributed by atoms with E-state index in [1.165, 1.54) is 19.4 Å². The van der Waals surface area contributed by atoms with Crippen molar-refractivity contribution in [2.75, 3.05) is 57.4 Å². The fourth-order valence-electron chi connectivity index (χ4n) is 4.83. The standard InChI is InChI=1S/C25H30N6O2.C2HF3O/c1-2-33-22-13-23(25-21(14-26)16-28-31(25)18-22)20-3-4-24(27-15-20)30-9-7-29(8-10-30)17-19-5-11-32-12-6-19;3-2(4,5)1-6/h3-4,13,15-16,18-19H,2,5-12,17H2,1H3;1H. The molecule has 0 aromatic carbocycles. The van der Waals surface area contributed by atoms with E-state index in [1.54, 1.807) is 10.7 Å². The molecule has 0 spiro atoms. The summed E-state index contributed by atoms with van der Waals surface area (Å²) in [5.41, 5.74) is 3.16. The molecule has 0 radical (unpaired) electrons. The molecule has 0 unspecified atom stereocenters. The fourth-order valence-corrected chi connectivity index (χ4v) is 4.83. The number of nitrogens with zero attached hydrogens (tertiary/aromatic N) is 6. The van der Waals surface area contributed by atoms with Gasteiger partial charge in [-0.3, -0.25) is 9.69 Å². The van der Waals surface area contributed by atoms with Gasteiger partial charge >= 0.3 is 6.18 Å². The van der Waals surface area contributed by atoms with Crippen LogP contribution in [0.15, 0.2) is 36.8 Å². The molecule has 2 saturated heterocycles. The van der Waals surface area contributed by atoms with Crippen LogP contribution < -0.4 is 9.64 Å². The number of halogens is 3. The number of carbonyl (C=O) groups is 1. The molecule has 0 amide bonds. The molecule has 39 heavy (non-hydrogen) atoms. The van der Waals surface area contributed by atoms with Gasteiger partial charge in [0.2, 0.25) is 6.29 Å². The van der Waals surface area contributed by atoms with Crippen LogP contribution in [0, 0.1) is 17.2 Å². The van der Waals surface area contributed by atoms with Gasteiger partial charge in [0.15, 0.2) is 0 Å². The lowest BCUT2D eigenvalue weighted by atomic mass is 9.99. The highest BCUT2D eigenvalue weighted by atomic mass is 19.4. The summed E-state index contributed by atoms with van der Waals surface area (Å²) in [7, 11) is 0. The number of alkyl halides is 3. The number of aldehydes is 1. The first-order valence-electron chi connectivity index (χ1n) is 12.9. The predicted octanol–water partition coefficient (Wildman–Crippen LogP) is 3.96. The molecule has 3 aromatic rings. The van der Waals surface area contributed by atoms with E-state index in [-0.39, 0.29) is 0 Å². The van der Waals surface area contributed by atoms with E-state index in [1.807, 2.05) is 25.4 Å². The summed E-state index contributed by atoms with van der Waals surface area (Å²) in [6.45, 7) is 9.64. The number of hydrogen-bond donors (Lipinski definition) is 0. The second-order valence-electron chi connectivity index (χ2n) is 9.39. The highest BCUT2D eigenvalue weighted by molar-refractivity contribution is 5.85. The zero-order chi connectivity index (χ0) is 27.8. The SMILES string of the molecule is CCOc1cc(-c2ccc(N3CCN(CC4CCOCC4)CC3)nc2)c2c(C#N)cnn2c1.O=CC(F)(F)F. The third-order valence-corrected chi connectivity index (χ3v) is 6.76. The van der Waals surface area contributed by atoms with Gasteiger partial charge in [0.25, 0.3) is 0 Å². The maximum atomic E-state index is 10.4. The minimum Gasteiger partial charge on any atom is -0.492 e. The van der Waals surface area contributed by atoms with Crippen LogP contribution in [0.5, 0.6) is 5.75 Å². The first kappa shape index (κ1) is 28.3. The van der Waals surface area contributed by atoms with E-state index >= 15 is 0 Å². The van der Waals surface area contributed by atoms with Crippen molar-refractivity contribution in [1.29, 1.82) is 5.26 Å². The van der Waals surface area contributed by atoms with Gasteiger partial charge < -0.3 is 14.4 Å². The van der Waals surface area contributed by atoms with Crippen LogP contribution in [0.2, 0.25) is 0 Å². The molecular weight excluding hydrogens is 513 g/mol. The van der Waals surface area contributed by atoms with Gasteiger partial charge in [0.1, 0.15) is 17.6 Å². The Morgan fingerprint density at radius 2 is 1.90 bits per heavy atom. The van der Waals surface area contributed by atoms with Crippen LogP contribution >= 0.6 is 0 Å². The molecule has 5 rings (SSSR count). The number of pyridine rings is 2. The number of rotatable bonds is 6. The minimum absolute atomic E-state index is 0.540. The van der Waals surface area contributed by atoms with Crippen LogP contribution in [0.25, 0.3) is 16.6 Å². The highest BCUT2D eigenvalue weighted by Crippen LogP contribution is 2.31. The van der Waals surface area contributed by atoms with Gasteiger partial charge in [-0.2, -0.15) is 23.5 Å². The quantitative estimate of drug-likeness (QED) is 0.431. The molecule has 2 aliphatic rings. The first-order chi connectivity index (χ1) is 18.8. The number of carbonyl (C=O) groups excluding carboxylic acids is 1. The topological polar surface area (TPSA) is 96.0 Å². The summed E-state index contributed by atoms with van der Waals surface area (Å²) in [6, 6.07) is 8.37. The van der Waals surface area contributed by atoms with Crippen LogP contribution in [0.4, 0.5) is 19.0 Å². The predicted molar refractivity (Wildman–Crippen MR) is 139 cm³/mol. The number of hydrogen-bond acceptors (Lipinski definition) is 8. The fraction of sp³-hybridized carbons (Fsp3) is 0.481. The molecule has 0 bridgehead atoms. The molecule has 208 valence electrons. The Morgan fingerprint density at radius 3 is 2.49 bits per heavy atom. The summed E-state index contributed by atoms with van der Waals surface area (Å²) in [5, 5.41) is 13.9. The van der Waals surface area contributed by atoms with Crippen molar-refractivity contribution in [2.24, 2.45) is 5.92 Å². The third-order valence-electron chi connectivity index (χ3n) is 6.76. The second kappa shape index (κ2) is 12.9. The molecule has 0 aliphatic carbocycles. The Balaban J connectivity index is 0.000000531. The van der Waals surface area contributed by atoms with Crippen LogP contribution in [0.3, 0.4) is 0 Å². The Hall–Kier alpha value is -3.69. The average Bonchev–Trinajstić information content (AvgIpc) is 3.37. The van der Waals surface area contributed by atoms with Gasteiger partial charge in [-0.05, 0) is 43.9 Å². The Labute approximate surface area is 224 Å². The second-order valence-corrected chi connectivity index (χ2v) is 9.39. The number of nitriles is 1. The van der Waals surface area contributed by atoms with Crippen LogP contribution in [-0.2, 0) is 9.53 Å². The lowest BCUT2D eigenvalue weighted by Crippen LogP contribution is -2.48. The van der Waals surface area contributed by atoms with E-state index in [2.05, 4.69) is 33.1 Å². The van der Waals surface area contributed by atoms with E-state index in [9.17, 15) is 18.4 Å². The lowest BCUT2D eigenvalue weighted by molar-refractivity contribution is -0.156. The Morgan fingerprint density at radius 1 is 1.18 bits per heavy atom. The van der Waals surface area contributed by atoms with Crippen LogP contribution in [-0.4, -0.2) is 84.5 Å². The number of ether oxygens (including phenoxy) is 2. The highest BCUT2D eigenvalue weighted by Gasteiger charge is 2.25. The van der Waals surface area contributed by atoms with E-state index in [4.69, 9.17) is 19.3 Å². The van der Waals surface area contributed by atoms with Gasteiger partial charge in [-0.25, -0.2) is 9.50 Å². The Kier molecular flexibility index (Phi) is 9.37. The van der Waals surface area contributed by atoms with Crippen LogP contribution in [0.1, 0.15) is 25.3 Å². The average molecular weight is 545 g/mol. The maximum Gasteiger partial charge on any atom is 0.446 e. The summed E-state index contributed by atoms with van der Waals surface area (Å²) in [4.78, 5) is 18.4. The summed E-state index contributed by atoms with van der Waals surface area (Å²) >= 11 is 0. The van der Waals surface area contributed by atoms with Crippen molar-refractivity contribution >= 4 is 17.6 Å². The van der Waals surface area contributed by atoms with Crippen molar-refractivity contribution < 1.29 is 27.4 Å². The molecule has 0 saturated carbocycles. The van der Waals surface area contributed by atoms with E-state index in [0.29, 0.717) is 12.2 Å². The van der Waals surface area contributed by atoms with Crippen molar-refractivity contribution in [3.63, 3.8) is 0 Å². The summed E-state index contributed by atoms with van der Waals surface area (Å²) < 4.78 is 44.2. The smallest absolute Gasteiger partial charge is 0.446 e. The van der Waals surface area contributed by atoms with Crippen molar-refractivity contribution in [1.82, 2.24) is 19.5 Å². The first-order valence-corrected chi connectivity index (χ1v) is 12.9. The lowest BCUT2D eigenvalue weighted by Gasteiger charge is -2.37. The van der Waals surface area contributed by atoms with Crippen molar-refractivity contribution in [2.45, 2.75) is 25.9 Å². The van der Waals surface area contributed by atoms with E-state index < -0.39 is 12.5 Å². The van der Waals surface area contributed by atoms with E-state index in [0.717, 1.165) is 73.5 Å². The van der Waals surface area contributed by atoms with Crippen molar-refractivity contribution in [3.05, 3.63) is 42.4 Å². The summed E-state index contributed by atoms with van der Waals surface area (Å²) in [6.07, 6.45) is 1.97.